The molecule has 0 aromatic heterocycles. The number of phenolic OH excluding ortho intramolecular Hbond substituents is 2. The molecule has 2 aliphatic rings. The molecule has 0 amide bonds. The molecular weight excluding hydrogens is 416 g/mol. The van der Waals surface area contributed by atoms with Crippen LogP contribution in [-0.4, -0.2) is 63.5 Å². The van der Waals surface area contributed by atoms with E-state index >= 15 is 0 Å². The molecular formula is C24H36O8. The number of aliphatic hydroxyl groups excluding tert-OH is 2. The molecule has 8 nitrogen and oxygen atoms in total. The van der Waals surface area contributed by atoms with Crippen LogP contribution < -0.4 is 4.74 Å². The Morgan fingerprint density at radius 2 is 1.94 bits per heavy atom. The summed E-state index contributed by atoms with van der Waals surface area (Å²) < 4.78 is 16.6. The van der Waals surface area contributed by atoms with E-state index in [9.17, 15) is 25.2 Å². The SMILES string of the molecule is CCCC(C(=O)c1cc(CC(C)C)c(O)c(OC)c1O)[C@H]1C[C@@H](O)C2(O[C@H]2CC)[C@H](O)O1. The van der Waals surface area contributed by atoms with E-state index in [0.29, 0.717) is 31.2 Å². The summed E-state index contributed by atoms with van der Waals surface area (Å²) in [4.78, 5) is 13.6. The maximum atomic E-state index is 13.6. The largest absolute Gasteiger partial charge is 0.504 e. The Morgan fingerprint density at radius 3 is 2.44 bits per heavy atom. The highest BCUT2D eigenvalue weighted by atomic mass is 16.7. The number of phenols is 2. The number of aliphatic hydroxyl groups is 2. The number of rotatable bonds is 9. The molecule has 2 saturated heterocycles. The molecule has 2 unspecified atom stereocenters. The average Bonchev–Trinajstić information content (AvgIpc) is 3.48. The minimum atomic E-state index is -1.34. The maximum Gasteiger partial charge on any atom is 0.203 e. The van der Waals surface area contributed by atoms with E-state index < -0.39 is 35.8 Å². The van der Waals surface area contributed by atoms with Gasteiger partial charge in [0.05, 0.1) is 31.0 Å². The Kier molecular flexibility index (Phi) is 7.39. The van der Waals surface area contributed by atoms with Crippen molar-refractivity contribution in [3.8, 4) is 17.2 Å². The fourth-order valence-corrected chi connectivity index (χ4v) is 4.94. The van der Waals surface area contributed by atoms with Crippen molar-refractivity contribution in [2.24, 2.45) is 11.8 Å². The summed E-state index contributed by atoms with van der Waals surface area (Å²) in [5, 5.41) is 42.6. The molecule has 32 heavy (non-hydrogen) atoms. The van der Waals surface area contributed by atoms with Gasteiger partial charge in [0.1, 0.15) is 0 Å². The number of aromatic hydroxyl groups is 2. The highest BCUT2D eigenvalue weighted by Gasteiger charge is 2.68. The second-order valence-electron chi connectivity index (χ2n) is 9.32. The summed E-state index contributed by atoms with van der Waals surface area (Å²) in [6.07, 6.45) is -0.951. The van der Waals surface area contributed by atoms with E-state index in [-0.39, 0.29) is 41.3 Å². The number of methoxy groups -OCH3 is 1. The lowest BCUT2D eigenvalue weighted by molar-refractivity contribution is -0.239. The third-order valence-electron chi connectivity index (χ3n) is 6.62. The lowest BCUT2D eigenvalue weighted by atomic mass is 9.80. The number of ether oxygens (including phenoxy) is 3. The highest BCUT2D eigenvalue weighted by Crippen LogP contribution is 2.51. The summed E-state index contributed by atoms with van der Waals surface area (Å²) in [6.45, 7) is 7.80. The lowest BCUT2D eigenvalue weighted by Crippen LogP contribution is -2.55. The zero-order valence-corrected chi connectivity index (χ0v) is 19.5. The summed E-state index contributed by atoms with van der Waals surface area (Å²) in [5.74, 6) is -1.61. The normalized spacial score (nSPS) is 30.5. The molecule has 0 aliphatic carbocycles. The summed E-state index contributed by atoms with van der Waals surface area (Å²) >= 11 is 0. The van der Waals surface area contributed by atoms with Gasteiger partial charge in [-0.2, -0.15) is 0 Å². The molecule has 0 radical (unpaired) electrons. The van der Waals surface area contributed by atoms with Crippen LogP contribution in [0.1, 0.15) is 69.3 Å². The molecule has 3 rings (SSSR count). The minimum Gasteiger partial charge on any atom is -0.504 e. The number of ketones is 1. The molecule has 1 spiro atoms. The topological polar surface area (TPSA) is 129 Å². The van der Waals surface area contributed by atoms with Gasteiger partial charge in [-0.3, -0.25) is 4.79 Å². The van der Waals surface area contributed by atoms with E-state index in [1.807, 2.05) is 27.7 Å². The predicted octanol–water partition coefficient (Wildman–Crippen LogP) is 2.92. The monoisotopic (exact) mass is 452 g/mol. The first kappa shape index (κ1) is 24.8. The van der Waals surface area contributed by atoms with Crippen molar-refractivity contribution < 1.29 is 39.4 Å². The van der Waals surface area contributed by atoms with Crippen LogP contribution in [0.2, 0.25) is 0 Å². The van der Waals surface area contributed by atoms with E-state index in [0.717, 1.165) is 0 Å². The van der Waals surface area contributed by atoms with Gasteiger partial charge in [-0.1, -0.05) is 34.1 Å². The first-order valence-electron chi connectivity index (χ1n) is 11.5. The Bertz CT molecular complexity index is 824. The zero-order chi connectivity index (χ0) is 23.8. The number of Topliss-reactive ketones (excluding diaryl/α,β-unsaturated/α-hetero) is 1. The second kappa shape index (κ2) is 9.55. The standard InChI is InChI=1S/C24H36O8/c1-6-8-14(16-11-17(25)24(23(29)31-16)18(7-2)32-24)20(27)15-10-13(9-12(3)4)19(26)22(30-5)21(15)28/h10,12,14,16-18,23,25-26,28-29H,6-9,11H2,1-5H3/t14?,16-,17-,18+,23-,24?/m1/s1. The van der Waals surface area contributed by atoms with Crippen LogP contribution in [-0.2, 0) is 15.9 Å². The van der Waals surface area contributed by atoms with E-state index in [1.165, 1.54) is 13.2 Å². The summed E-state index contributed by atoms with van der Waals surface area (Å²) in [5.41, 5.74) is -0.580. The fourth-order valence-electron chi connectivity index (χ4n) is 4.94. The second-order valence-corrected chi connectivity index (χ2v) is 9.32. The van der Waals surface area contributed by atoms with E-state index in [1.54, 1.807) is 0 Å². The number of hydrogen-bond acceptors (Lipinski definition) is 8. The van der Waals surface area contributed by atoms with Crippen LogP contribution in [0.25, 0.3) is 0 Å². The van der Waals surface area contributed by atoms with Crippen molar-refractivity contribution in [2.75, 3.05) is 7.11 Å². The summed E-state index contributed by atoms with van der Waals surface area (Å²) in [6, 6.07) is 1.51. The van der Waals surface area contributed by atoms with E-state index in [4.69, 9.17) is 14.2 Å². The van der Waals surface area contributed by atoms with Crippen molar-refractivity contribution in [1.29, 1.82) is 0 Å². The van der Waals surface area contributed by atoms with Crippen molar-refractivity contribution >= 4 is 5.78 Å². The number of carbonyl (C=O) groups excluding carboxylic acids is 1. The van der Waals surface area contributed by atoms with Crippen LogP contribution in [0.4, 0.5) is 0 Å². The first-order valence-corrected chi connectivity index (χ1v) is 11.5. The molecule has 1 aromatic carbocycles. The van der Waals surface area contributed by atoms with Gasteiger partial charge in [-0.05, 0) is 36.8 Å². The molecule has 4 N–H and O–H groups in total. The average molecular weight is 453 g/mol. The first-order chi connectivity index (χ1) is 15.1. The number of carbonyl (C=O) groups is 1. The van der Waals surface area contributed by atoms with Crippen molar-refractivity contribution in [3.05, 3.63) is 17.2 Å². The van der Waals surface area contributed by atoms with Gasteiger partial charge in [-0.25, -0.2) is 0 Å². The Labute approximate surface area is 189 Å². The molecule has 180 valence electrons. The van der Waals surface area contributed by atoms with Crippen LogP contribution in [0, 0.1) is 11.8 Å². The molecule has 1 aromatic rings. The Hall–Kier alpha value is -1.87. The maximum absolute atomic E-state index is 13.6. The van der Waals surface area contributed by atoms with Crippen molar-refractivity contribution in [1.82, 2.24) is 0 Å². The van der Waals surface area contributed by atoms with Crippen LogP contribution >= 0.6 is 0 Å². The van der Waals surface area contributed by atoms with Crippen molar-refractivity contribution in [3.63, 3.8) is 0 Å². The van der Waals surface area contributed by atoms with Crippen LogP contribution in [0.3, 0.4) is 0 Å². The van der Waals surface area contributed by atoms with Gasteiger partial charge in [0.25, 0.3) is 0 Å². The predicted molar refractivity (Wildman–Crippen MR) is 117 cm³/mol. The fraction of sp³-hybridized carbons (Fsp3) is 0.708. The van der Waals surface area contributed by atoms with Gasteiger partial charge < -0.3 is 34.6 Å². The van der Waals surface area contributed by atoms with Gasteiger partial charge in [0.2, 0.25) is 5.75 Å². The van der Waals surface area contributed by atoms with Crippen LogP contribution in [0.5, 0.6) is 17.2 Å². The van der Waals surface area contributed by atoms with Crippen molar-refractivity contribution in [2.45, 2.75) is 90.0 Å². The molecule has 2 fully saturated rings. The molecule has 6 atom stereocenters. The third kappa shape index (κ3) is 4.21. The summed E-state index contributed by atoms with van der Waals surface area (Å²) in [7, 11) is 1.32. The number of epoxide rings is 1. The van der Waals surface area contributed by atoms with E-state index in [2.05, 4.69) is 0 Å². The Morgan fingerprint density at radius 1 is 1.25 bits per heavy atom. The molecule has 8 heteroatoms. The molecule has 0 bridgehead atoms. The minimum absolute atomic E-state index is 0.0377. The van der Waals surface area contributed by atoms with Gasteiger partial charge in [0.15, 0.2) is 29.2 Å². The third-order valence-corrected chi connectivity index (χ3v) is 6.62. The number of hydrogen-bond donors (Lipinski definition) is 4. The smallest absolute Gasteiger partial charge is 0.203 e. The highest BCUT2D eigenvalue weighted by molar-refractivity contribution is 6.02. The molecule has 0 saturated carbocycles. The number of benzene rings is 1. The van der Waals surface area contributed by atoms with Gasteiger partial charge in [0, 0.05) is 12.3 Å². The molecule has 2 heterocycles. The van der Waals surface area contributed by atoms with Gasteiger partial charge in [-0.15, -0.1) is 0 Å². The van der Waals surface area contributed by atoms with Gasteiger partial charge >= 0.3 is 0 Å². The quantitative estimate of drug-likeness (QED) is 0.332. The Balaban J connectivity index is 1.93. The zero-order valence-electron chi connectivity index (χ0n) is 19.5. The van der Waals surface area contributed by atoms with Crippen LogP contribution in [0.15, 0.2) is 6.07 Å². The molecule has 2 aliphatic heterocycles. The lowest BCUT2D eigenvalue weighted by Gasteiger charge is -2.39.